The fourth-order valence-electron chi connectivity index (χ4n) is 4.26. The van der Waals surface area contributed by atoms with Gasteiger partial charge in [0, 0.05) is 23.9 Å². The Bertz CT molecular complexity index is 965. The van der Waals surface area contributed by atoms with Gasteiger partial charge in [-0.3, -0.25) is 9.59 Å². The molecule has 0 spiro atoms. The Kier molecular flexibility index (Phi) is 7.98. The zero-order valence-electron chi connectivity index (χ0n) is 21.1. The zero-order valence-corrected chi connectivity index (χ0v) is 21.1. The minimum absolute atomic E-state index is 0.0651. The van der Waals surface area contributed by atoms with Gasteiger partial charge in [0.15, 0.2) is 0 Å². The van der Waals surface area contributed by atoms with E-state index in [1.54, 1.807) is 9.58 Å². The van der Waals surface area contributed by atoms with Gasteiger partial charge in [-0.15, -0.1) is 0 Å². The summed E-state index contributed by atoms with van der Waals surface area (Å²) in [6, 6.07) is 10.0. The number of carbonyl (C=O) groups is 2. The van der Waals surface area contributed by atoms with Gasteiger partial charge in [0.05, 0.1) is 17.9 Å². The Hall–Kier alpha value is -2.63. The second-order valence-corrected chi connectivity index (χ2v) is 10.9. The molecule has 1 aromatic heterocycles. The molecule has 1 heterocycles. The summed E-state index contributed by atoms with van der Waals surface area (Å²) < 4.78 is 1.79. The lowest BCUT2D eigenvalue weighted by atomic mass is 9.92. The molecular weight excluding hydrogens is 412 g/mol. The summed E-state index contributed by atoms with van der Waals surface area (Å²) in [4.78, 5) is 28.1. The Balaban J connectivity index is 1.82. The maximum atomic E-state index is 13.2. The molecule has 0 radical (unpaired) electrons. The van der Waals surface area contributed by atoms with Crippen molar-refractivity contribution in [1.82, 2.24) is 14.7 Å². The number of aryl methyl sites for hydroxylation is 1. The SMILES string of the molecule is Cc1cccc(-n2nc(C(C)(C)C)cc2NC(=O)CN(CCC(C)C)C(=O)C2CCCC2)c1. The lowest BCUT2D eigenvalue weighted by Gasteiger charge is -2.26. The van der Waals surface area contributed by atoms with Gasteiger partial charge in [-0.25, -0.2) is 4.68 Å². The van der Waals surface area contributed by atoms with Crippen molar-refractivity contribution >= 4 is 17.6 Å². The van der Waals surface area contributed by atoms with Crippen LogP contribution in [0.25, 0.3) is 5.69 Å². The Morgan fingerprint density at radius 2 is 1.88 bits per heavy atom. The van der Waals surface area contributed by atoms with Crippen LogP contribution in [0.3, 0.4) is 0 Å². The van der Waals surface area contributed by atoms with Gasteiger partial charge in [-0.1, -0.05) is 59.6 Å². The predicted octanol–water partition coefficient (Wildman–Crippen LogP) is 5.48. The van der Waals surface area contributed by atoms with Gasteiger partial charge < -0.3 is 10.2 Å². The third-order valence-electron chi connectivity index (χ3n) is 6.32. The number of benzene rings is 1. The van der Waals surface area contributed by atoms with E-state index in [1.807, 2.05) is 37.3 Å². The van der Waals surface area contributed by atoms with Crippen molar-refractivity contribution in [3.05, 3.63) is 41.6 Å². The van der Waals surface area contributed by atoms with Crippen LogP contribution >= 0.6 is 0 Å². The molecule has 1 fully saturated rings. The average molecular weight is 453 g/mol. The summed E-state index contributed by atoms with van der Waals surface area (Å²) in [5.41, 5.74) is 2.77. The molecule has 6 nitrogen and oxygen atoms in total. The molecule has 0 aliphatic heterocycles. The normalized spacial score (nSPS) is 14.6. The van der Waals surface area contributed by atoms with E-state index in [0.29, 0.717) is 18.3 Å². The Morgan fingerprint density at radius 1 is 1.18 bits per heavy atom. The molecule has 1 aromatic carbocycles. The van der Waals surface area contributed by atoms with Crippen LogP contribution in [0, 0.1) is 18.8 Å². The van der Waals surface area contributed by atoms with Crippen LogP contribution in [0.1, 0.15) is 78.0 Å². The number of hydrogen-bond donors (Lipinski definition) is 1. The van der Waals surface area contributed by atoms with Crippen LogP contribution in [0.2, 0.25) is 0 Å². The zero-order chi connectivity index (χ0) is 24.2. The molecule has 0 bridgehead atoms. The largest absolute Gasteiger partial charge is 0.333 e. The van der Waals surface area contributed by atoms with Crippen LogP contribution in [0.5, 0.6) is 0 Å². The highest BCUT2D eigenvalue weighted by molar-refractivity contribution is 5.94. The lowest BCUT2D eigenvalue weighted by molar-refractivity contribution is -0.138. The standard InChI is InChI=1S/C27H40N4O2/c1-19(2)14-15-30(26(33)21-11-7-8-12-21)18-25(32)28-24-17-23(27(4,5)6)29-31(24)22-13-9-10-20(3)16-22/h9-10,13,16-17,19,21H,7-8,11-12,14-15,18H2,1-6H3,(H,28,32). The maximum absolute atomic E-state index is 13.2. The Labute approximate surface area is 198 Å². The summed E-state index contributed by atoms with van der Waals surface area (Å²) in [6.07, 6.45) is 4.97. The molecule has 1 aliphatic rings. The van der Waals surface area contributed by atoms with Crippen LogP contribution in [-0.4, -0.2) is 39.6 Å². The third kappa shape index (κ3) is 6.68. The van der Waals surface area contributed by atoms with Gasteiger partial charge in [-0.05, 0) is 49.8 Å². The van der Waals surface area contributed by atoms with E-state index in [9.17, 15) is 9.59 Å². The van der Waals surface area contributed by atoms with Crippen LogP contribution in [-0.2, 0) is 15.0 Å². The number of rotatable bonds is 8. The van der Waals surface area contributed by atoms with E-state index in [-0.39, 0.29) is 29.7 Å². The summed E-state index contributed by atoms with van der Waals surface area (Å²) >= 11 is 0. The smallest absolute Gasteiger partial charge is 0.245 e. The van der Waals surface area contributed by atoms with Crippen LogP contribution in [0.4, 0.5) is 5.82 Å². The van der Waals surface area contributed by atoms with Crippen molar-refractivity contribution in [2.45, 2.75) is 79.1 Å². The Morgan fingerprint density at radius 3 is 2.48 bits per heavy atom. The van der Waals surface area contributed by atoms with Crippen LogP contribution < -0.4 is 5.32 Å². The third-order valence-corrected chi connectivity index (χ3v) is 6.32. The molecule has 1 saturated carbocycles. The van der Waals surface area contributed by atoms with Gasteiger partial charge in [-0.2, -0.15) is 5.10 Å². The number of carbonyl (C=O) groups excluding carboxylic acids is 2. The van der Waals surface area contributed by atoms with E-state index in [2.05, 4.69) is 39.9 Å². The molecule has 0 unspecified atom stereocenters. The van der Waals surface area contributed by atoms with Gasteiger partial charge in [0.2, 0.25) is 11.8 Å². The molecule has 1 aliphatic carbocycles. The second kappa shape index (κ2) is 10.5. The molecule has 33 heavy (non-hydrogen) atoms. The van der Waals surface area contributed by atoms with Crippen molar-refractivity contribution in [2.75, 3.05) is 18.4 Å². The second-order valence-electron chi connectivity index (χ2n) is 10.9. The lowest BCUT2D eigenvalue weighted by Crippen LogP contribution is -2.41. The predicted molar refractivity (Wildman–Crippen MR) is 134 cm³/mol. The minimum Gasteiger partial charge on any atom is -0.333 e. The number of hydrogen-bond acceptors (Lipinski definition) is 3. The van der Waals surface area contributed by atoms with Crippen LogP contribution in [0.15, 0.2) is 30.3 Å². The monoisotopic (exact) mass is 452 g/mol. The van der Waals surface area contributed by atoms with E-state index < -0.39 is 0 Å². The van der Waals surface area contributed by atoms with Crippen molar-refractivity contribution in [2.24, 2.45) is 11.8 Å². The first-order valence-electron chi connectivity index (χ1n) is 12.3. The summed E-state index contributed by atoms with van der Waals surface area (Å²) in [5, 5.41) is 7.86. The summed E-state index contributed by atoms with van der Waals surface area (Å²) in [6.45, 7) is 13.3. The highest BCUT2D eigenvalue weighted by Crippen LogP contribution is 2.28. The van der Waals surface area contributed by atoms with Gasteiger partial charge >= 0.3 is 0 Å². The summed E-state index contributed by atoms with van der Waals surface area (Å²) in [7, 11) is 0. The van der Waals surface area contributed by atoms with Crippen molar-refractivity contribution in [3.63, 3.8) is 0 Å². The van der Waals surface area contributed by atoms with Crippen molar-refractivity contribution < 1.29 is 9.59 Å². The van der Waals surface area contributed by atoms with E-state index >= 15 is 0 Å². The van der Waals surface area contributed by atoms with Crippen molar-refractivity contribution in [1.29, 1.82) is 0 Å². The molecule has 0 saturated heterocycles. The number of aromatic nitrogens is 2. The highest BCUT2D eigenvalue weighted by atomic mass is 16.2. The topological polar surface area (TPSA) is 67.2 Å². The number of anilines is 1. The molecule has 2 aromatic rings. The van der Waals surface area contributed by atoms with Gasteiger partial charge in [0.25, 0.3) is 0 Å². The van der Waals surface area contributed by atoms with Gasteiger partial charge in [0.1, 0.15) is 5.82 Å². The molecule has 6 heteroatoms. The first-order valence-corrected chi connectivity index (χ1v) is 12.3. The molecular formula is C27H40N4O2. The van der Waals surface area contributed by atoms with E-state index in [0.717, 1.165) is 49.0 Å². The molecule has 180 valence electrons. The molecule has 1 N–H and O–H groups in total. The molecule has 3 rings (SSSR count). The van der Waals surface area contributed by atoms with Crippen molar-refractivity contribution in [3.8, 4) is 5.69 Å². The maximum Gasteiger partial charge on any atom is 0.245 e. The number of amides is 2. The molecule has 0 atom stereocenters. The summed E-state index contributed by atoms with van der Waals surface area (Å²) in [5.74, 6) is 1.12. The van der Waals surface area contributed by atoms with E-state index in [4.69, 9.17) is 5.10 Å². The minimum atomic E-state index is -0.181. The number of nitrogens with one attached hydrogen (secondary N) is 1. The quantitative estimate of drug-likeness (QED) is 0.576. The first-order chi connectivity index (χ1) is 15.5. The van der Waals surface area contributed by atoms with E-state index in [1.165, 1.54) is 0 Å². The number of nitrogens with zero attached hydrogens (tertiary/aromatic N) is 3. The average Bonchev–Trinajstić information content (AvgIpc) is 3.40. The molecule has 2 amide bonds. The fraction of sp³-hybridized carbons (Fsp3) is 0.593. The first kappa shape index (κ1) is 25.0. The highest BCUT2D eigenvalue weighted by Gasteiger charge is 2.29. The fourth-order valence-corrected chi connectivity index (χ4v) is 4.26.